The Morgan fingerprint density at radius 3 is 2.74 bits per heavy atom. The van der Waals surface area contributed by atoms with Crippen molar-refractivity contribution in [1.29, 1.82) is 0 Å². The molecule has 2 bridgehead atoms. The van der Waals surface area contributed by atoms with Gasteiger partial charge in [-0.3, -0.25) is 4.99 Å². The molecule has 4 heteroatoms. The fraction of sp³-hybridized carbons (Fsp3) is 0.933. The van der Waals surface area contributed by atoms with Gasteiger partial charge in [0.2, 0.25) is 0 Å². The van der Waals surface area contributed by atoms with Crippen molar-refractivity contribution in [3.8, 4) is 0 Å². The van der Waals surface area contributed by atoms with E-state index in [1.54, 1.807) is 0 Å². The topological polar surface area (TPSA) is 44.9 Å². The number of fused-ring (bicyclic) bond motifs is 3. The summed E-state index contributed by atoms with van der Waals surface area (Å²) in [5, 5.41) is 0. The summed E-state index contributed by atoms with van der Waals surface area (Å²) in [5.41, 5.74) is 6.50. The molecule has 3 atom stereocenters. The summed E-state index contributed by atoms with van der Waals surface area (Å²) >= 11 is 0. The quantitative estimate of drug-likeness (QED) is 0.819. The molecule has 0 aromatic rings. The number of nitrogens with zero attached hydrogens (tertiary/aromatic N) is 3. The minimum atomic E-state index is 0.306. The van der Waals surface area contributed by atoms with Crippen LogP contribution >= 0.6 is 0 Å². The van der Waals surface area contributed by atoms with Gasteiger partial charge >= 0.3 is 0 Å². The van der Waals surface area contributed by atoms with Gasteiger partial charge in [0.25, 0.3) is 0 Å². The molecule has 0 saturated heterocycles. The predicted molar refractivity (Wildman–Crippen MR) is 79.2 cm³/mol. The van der Waals surface area contributed by atoms with Crippen LogP contribution < -0.4 is 5.73 Å². The van der Waals surface area contributed by atoms with Gasteiger partial charge in [-0.1, -0.05) is 13.8 Å². The van der Waals surface area contributed by atoms with Crippen LogP contribution in [0.1, 0.15) is 39.5 Å². The molecule has 4 nitrogen and oxygen atoms in total. The Hall–Kier alpha value is -0.770. The van der Waals surface area contributed by atoms with E-state index in [1.807, 2.05) is 0 Å². The normalized spacial score (nSPS) is 36.8. The third-order valence-corrected chi connectivity index (χ3v) is 5.81. The Morgan fingerprint density at radius 1 is 1.37 bits per heavy atom. The van der Waals surface area contributed by atoms with Gasteiger partial charge in [0.15, 0.2) is 5.96 Å². The average molecular weight is 264 g/mol. The molecule has 108 valence electrons. The second kappa shape index (κ2) is 4.97. The zero-order valence-electron chi connectivity index (χ0n) is 12.4. The fourth-order valence-corrected chi connectivity index (χ4v) is 4.67. The SMILES string of the molecule is CCN(CC)CCN1C(N)=NCC12CC1CCC2C1. The minimum absolute atomic E-state index is 0.306. The summed E-state index contributed by atoms with van der Waals surface area (Å²) in [6.07, 6.45) is 5.59. The van der Waals surface area contributed by atoms with Crippen molar-refractivity contribution in [2.75, 3.05) is 32.7 Å². The van der Waals surface area contributed by atoms with Gasteiger partial charge in [-0.25, -0.2) is 0 Å². The van der Waals surface area contributed by atoms with E-state index < -0.39 is 0 Å². The van der Waals surface area contributed by atoms with Crippen LogP contribution in [0, 0.1) is 11.8 Å². The molecular weight excluding hydrogens is 236 g/mol. The van der Waals surface area contributed by atoms with Crippen molar-refractivity contribution in [3.05, 3.63) is 0 Å². The summed E-state index contributed by atoms with van der Waals surface area (Å²) in [5.74, 6) is 2.60. The molecule has 1 spiro atoms. The van der Waals surface area contributed by atoms with Crippen molar-refractivity contribution in [1.82, 2.24) is 9.80 Å². The van der Waals surface area contributed by atoms with E-state index in [9.17, 15) is 0 Å². The standard InChI is InChI=1S/C15H28N4/c1-3-18(4-2)7-8-19-14(16)17-11-15(19)10-12-5-6-13(15)9-12/h12-13H,3-11H2,1-2H3,(H2,16,17). The van der Waals surface area contributed by atoms with E-state index in [2.05, 4.69) is 28.6 Å². The lowest BCUT2D eigenvalue weighted by Crippen LogP contribution is -2.56. The lowest BCUT2D eigenvalue weighted by atomic mass is 9.80. The summed E-state index contributed by atoms with van der Waals surface area (Å²) < 4.78 is 0. The first-order valence-electron chi connectivity index (χ1n) is 7.99. The van der Waals surface area contributed by atoms with Crippen LogP contribution in [0.15, 0.2) is 4.99 Å². The average Bonchev–Trinajstić information content (AvgIpc) is 3.09. The first kappa shape index (κ1) is 13.2. The molecule has 2 fully saturated rings. The van der Waals surface area contributed by atoms with Crippen LogP contribution in [0.4, 0.5) is 0 Å². The first-order valence-corrected chi connectivity index (χ1v) is 7.99. The van der Waals surface area contributed by atoms with Gasteiger partial charge in [-0.05, 0) is 50.6 Å². The second-order valence-corrected chi connectivity index (χ2v) is 6.54. The molecule has 0 aromatic heterocycles. The number of hydrogen-bond donors (Lipinski definition) is 1. The van der Waals surface area contributed by atoms with Gasteiger partial charge in [0, 0.05) is 13.1 Å². The van der Waals surface area contributed by atoms with E-state index in [-0.39, 0.29) is 0 Å². The second-order valence-electron chi connectivity index (χ2n) is 6.54. The maximum absolute atomic E-state index is 6.19. The largest absolute Gasteiger partial charge is 0.370 e. The number of guanidine groups is 1. The summed E-state index contributed by atoms with van der Waals surface area (Å²) in [7, 11) is 0. The predicted octanol–water partition coefficient (Wildman–Crippen LogP) is 1.52. The molecule has 1 heterocycles. The molecule has 0 aromatic carbocycles. The van der Waals surface area contributed by atoms with Crippen LogP contribution in [0.25, 0.3) is 0 Å². The smallest absolute Gasteiger partial charge is 0.191 e. The summed E-state index contributed by atoms with van der Waals surface area (Å²) in [6.45, 7) is 9.85. The molecule has 0 amide bonds. The first-order chi connectivity index (χ1) is 9.19. The maximum Gasteiger partial charge on any atom is 0.191 e. The zero-order valence-corrected chi connectivity index (χ0v) is 12.4. The Balaban J connectivity index is 1.69. The minimum Gasteiger partial charge on any atom is -0.370 e. The van der Waals surface area contributed by atoms with Crippen molar-refractivity contribution in [2.45, 2.75) is 45.1 Å². The number of nitrogens with two attached hydrogens (primary N) is 1. The van der Waals surface area contributed by atoms with Crippen LogP contribution in [-0.2, 0) is 0 Å². The van der Waals surface area contributed by atoms with Gasteiger partial charge in [0.1, 0.15) is 0 Å². The van der Waals surface area contributed by atoms with Crippen molar-refractivity contribution >= 4 is 5.96 Å². The summed E-state index contributed by atoms with van der Waals surface area (Å²) in [4.78, 5) is 9.55. The maximum atomic E-state index is 6.19. The highest BCUT2D eigenvalue weighted by Crippen LogP contribution is 2.54. The van der Waals surface area contributed by atoms with Crippen molar-refractivity contribution < 1.29 is 0 Å². The molecule has 19 heavy (non-hydrogen) atoms. The fourth-order valence-electron chi connectivity index (χ4n) is 4.67. The van der Waals surface area contributed by atoms with Crippen LogP contribution in [-0.4, -0.2) is 54.0 Å². The van der Waals surface area contributed by atoms with E-state index in [4.69, 9.17) is 5.73 Å². The lowest BCUT2D eigenvalue weighted by molar-refractivity contribution is 0.111. The van der Waals surface area contributed by atoms with E-state index >= 15 is 0 Å². The molecule has 2 aliphatic carbocycles. The molecule has 1 aliphatic heterocycles. The highest BCUT2D eigenvalue weighted by Gasteiger charge is 2.56. The number of rotatable bonds is 5. The van der Waals surface area contributed by atoms with Crippen molar-refractivity contribution in [3.63, 3.8) is 0 Å². The third-order valence-electron chi connectivity index (χ3n) is 5.81. The number of aliphatic imine (C=N–C) groups is 1. The molecule has 3 unspecified atom stereocenters. The van der Waals surface area contributed by atoms with Gasteiger partial charge in [-0.15, -0.1) is 0 Å². The van der Waals surface area contributed by atoms with Gasteiger partial charge < -0.3 is 15.5 Å². The number of likely N-dealkylation sites (N-methyl/N-ethyl adjacent to an activating group) is 1. The van der Waals surface area contributed by atoms with Crippen LogP contribution in [0.2, 0.25) is 0 Å². The molecule has 3 rings (SSSR count). The van der Waals surface area contributed by atoms with Crippen LogP contribution in [0.5, 0.6) is 0 Å². The number of hydrogen-bond acceptors (Lipinski definition) is 4. The highest BCUT2D eigenvalue weighted by atomic mass is 15.4. The van der Waals surface area contributed by atoms with Crippen LogP contribution in [0.3, 0.4) is 0 Å². The zero-order chi connectivity index (χ0) is 13.5. The van der Waals surface area contributed by atoms with Gasteiger partial charge in [0.05, 0.1) is 12.1 Å². The molecule has 0 radical (unpaired) electrons. The van der Waals surface area contributed by atoms with E-state index in [1.165, 1.54) is 25.7 Å². The third kappa shape index (κ3) is 2.04. The highest BCUT2D eigenvalue weighted by molar-refractivity contribution is 5.81. The molecule has 2 saturated carbocycles. The monoisotopic (exact) mass is 264 g/mol. The Kier molecular flexibility index (Phi) is 3.46. The van der Waals surface area contributed by atoms with Gasteiger partial charge in [-0.2, -0.15) is 0 Å². The lowest BCUT2D eigenvalue weighted by Gasteiger charge is -2.43. The Morgan fingerprint density at radius 2 is 2.16 bits per heavy atom. The summed E-state index contributed by atoms with van der Waals surface area (Å²) in [6, 6.07) is 0. The Bertz CT molecular complexity index is 363. The molecule has 3 aliphatic rings. The molecular formula is C15H28N4. The Labute approximate surface area is 117 Å². The van der Waals surface area contributed by atoms with E-state index in [0.717, 1.165) is 50.5 Å². The molecule has 2 N–H and O–H groups in total. The van der Waals surface area contributed by atoms with E-state index in [0.29, 0.717) is 5.54 Å². The van der Waals surface area contributed by atoms with Crippen molar-refractivity contribution in [2.24, 2.45) is 22.6 Å².